The van der Waals surface area contributed by atoms with E-state index in [1.54, 1.807) is 0 Å². The Morgan fingerprint density at radius 1 is 1.28 bits per heavy atom. The Kier molecular flexibility index (Phi) is 3.10. The fourth-order valence-electron chi connectivity index (χ4n) is 3.52. The van der Waals surface area contributed by atoms with Gasteiger partial charge in [-0.05, 0) is 62.4 Å². The number of hydrogen-bond acceptors (Lipinski definition) is 3. The number of aliphatic hydroxyl groups excluding tert-OH is 1. The number of amides is 1. The largest absolute Gasteiger partial charge is 0.396 e. The van der Waals surface area contributed by atoms with E-state index in [-0.39, 0.29) is 23.8 Å². The van der Waals surface area contributed by atoms with Crippen LogP contribution in [0, 0.1) is 16.7 Å². The summed E-state index contributed by atoms with van der Waals surface area (Å²) in [5.41, 5.74) is 0.573. The summed E-state index contributed by atoms with van der Waals surface area (Å²) < 4.78 is 0. The molecule has 4 nitrogen and oxygen atoms in total. The fraction of sp³-hybridized carbons (Fsp3) is 0.929. The van der Waals surface area contributed by atoms with E-state index in [2.05, 4.69) is 10.6 Å². The third-order valence-electron chi connectivity index (χ3n) is 5.34. The number of nitrogens with one attached hydrogen (secondary N) is 2. The van der Waals surface area contributed by atoms with Gasteiger partial charge in [0.1, 0.15) is 0 Å². The zero-order valence-electron chi connectivity index (χ0n) is 11.0. The lowest BCUT2D eigenvalue weighted by Gasteiger charge is -2.23. The minimum atomic E-state index is 0.237. The Balaban J connectivity index is 1.46. The highest BCUT2D eigenvalue weighted by molar-refractivity contribution is 5.82. The number of carbonyl (C=O) groups excluding carboxylic acids is 1. The molecule has 1 saturated heterocycles. The molecule has 18 heavy (non-hydrogen) atoms. The summed E-state index contributed by atoms with van der Waals surface area (Å²) in [6, 6.07) is 0. The van der Waals surface area contributed by atoms with Gasteiger partial charge in [0.15, 0.2) is 0 Å². The van der Waals surface area contributed by atoms with Gasteiger partial charge in [-0.2, -0.15) is 0 Å². The Hall–Kier alpha value is -0.610. The van der Waals surface area contributed by atoms with E-state index in [0.29, 0.717) is 5.41 Å². The van der Waals surface area contributed by atoms with Gasteiger partial charge in [0, 0.05) is 19.1 Å². The molecule has 1 aliphatic heterocycles. The van der Waals surface area contributed by atoms with Crippen molar-refractivity contribution in [1.82, 2.24) is 10.6 Å². The normalized spacial score (nSPS) is 31.1. The zero-order valence-corrected chi connectivity index (χ0v) is 11.0. The van der Waals surface area contributed by atoms with Gasteiger partial charge in [0.05, 0.1) is 0 Å². The number of aliphatic hydroxyl groups is 1. The summed E-state index contributed by atoms with van der Waals surface area (Å²) in [5.74, 6) is 0.533. The molecule has 1 atom stereocenters. The van der Waals surface area contributed by atoms with Crippen LogP contribution >= 0.6 is 0 Å². The standard InChI is InChI=1S/C14H24N2O2/c17-8-5-13(1-2-13)10-16-12(18)11-9-14(11)3-6-15-7-4-14/h11,15,17H,1-10H2,(H,16,18). The molecule has 3 fully saturated rings. The molecule has 3 rings (SSSR count). The van der Waals surface area contributed by atoms with Crippen molar-refractivity contribution in [2.24, 2.45) is 16.7 Å². The van der Waals surface area contributed by atoms with Crippen LogP contribution in [0.25, 0.3) is 0 Å². The highest BCUT2D eigenvalue weighted by atomic mass is 16.3. The molecule has 0 aromatic heterocycles. The van der Waals surface area contributed by atoms with Crippen molar-refractivity contribution < 1.29 is 9.90 Å². The molecule has 0 bridgehead atoms. The summed E-state index contributed by atoms with van der Waals surface area (Å²) >= 11 is 0. The molecule has 1 unspecified atom stereocenters. The Bertz CT molecular complexity index is 333. The van der Waals surface area contributed by atoms with E-state index >= 15 is 0 Å². The van der Waals surface area contributed by atoms with Gasteiger partial charge in [0.2, 0.25) is 5.91 Å². The van der Waals surface area contributed by atoms with E-state index in [1.165, 1.54) is 0 Å². The van der Waals surface area contributed by atoms with Crippen molar-refractivity contribution >= 4 is 5.91 Å². The monoisotopic (exact) mass is 252 g/mol. The first kappa shape index (κ1) is 12.4. The van der Waals surface area contributed by atoms with Crippen LogP contribution in [0.1, 0.15) is 38.5 Å². The molecule has 102 valence electrons. The lowest BCUT2D eigenvalue weighted by molar-refractivity contribution is -0.123. The summed E-state index contributed by atoms with van der Waals surface area (Å²) in [5, 5.41) is 15.5. The molecule has 1 amide bonds. The lowest BCUT2D eigenvalue weighted by Crippen LogP contribution is -2.36. The molecule has 4 heteroatoms. The summed E-state index contributed by atoms with van der Waals surface area (Å²) in [6.07, 6.45) is 6.57. The third kappa shape index (κ3) is 2.28. The molecule has 0 aromatic rings. The van der Waals surface area contributed by atoms with Gasteiger partial charge in [-0.25, -0.2) is 0 Å². The van der Waals surface area contributed by atoms with E-state index < -0.39 is 0 Å². The highest BCUT2D eigenvalue weighted by Gasteiger charge is 2.57. The quantitative estimate of drug-likeness (QED) is 0.673. The van der Waals surface area contributed by atoms with Crippen LogP contribution in [0.3, 0.4) is 0 Å². The van der Waals surface area contributed by atoms with Crippen LogP contribution in [0.2, 0.25) is 0 Å². The topological polar surface area (TPSA) is 61.4 Å². The molecule has 1 heterocycles. The van der Waals surface area contributed by atoms with E-state index in [1.807, 2.05) is 0 Å². The summed E-state index contributed by atoms with van der Waals surface area (Å²) in [4.78, 5) is 12.2. The predicted octanol–water partition coefficient (Wildman–Crippen LogP) is 0.655. The Morgan fingerprint density at radius 2 is 2.00 bits per heavy atom. The fourth-order valence-corrected chi connectivity index (χ4v) is 3.52. The summed E-state index contributed by atoms with van der Waals surface area (Å²) in [7, 11) is 0. The van der Waals surface area contributed by atoms with Crippen molar-refractivity contribution in [1.29, 1.82) is 0 Å². The van der Waals surface area contributed by atoms with Crippen LogP contribution in [-0.2, 0) is 4.79 Å². The first-order valence-electron chi connectivity index (χ1n) is 7.29. The van der Waals surface area contributed by atoms with Crippen molar-refractivity contribution in [3.63, 3.8) is 0 Å². The van der Waals surface area contributed by atoms with Crippen molar-refractivity contribution in [3.8, 4) is 0 Å². The number of hydrogen-bond donors (Lipinski definition) is 3. The van der Waals surface area contributed by atoms with Crippen LogP contribution in [0.5, 0.6) is 0 Å². The van der Waals surface area contributed by atoms with Gasteiger partial charge in [0.25, 0.3) is 0 Å². The second kappa shape index (κ2) is 4.49. The highest BCUT2D eigenvalue weighted by Crippen LogP contribution is 2.58. The second-order valence-electron chi connectivity index (χ2n) is 6.56. The first-order chi connectivity index (χ1) is 8.70. The average molecular weight is 252 g/mol. The number of piperidine rings is 1. The van der Waals surface area contributed by atoms with Crippen LogP contribution in [0.4, 0.5) is 0 Å². The SMILES string of the molecule is O=C(NCC1(CCO)CC1)C1CC12CCNCC2. The smallest absolute Gasteiger partial charge is 0.223 e. The second-order valence-corrected chi connectivity index (χ2v) is 6.56. The lowest BCUT2D eigenvalue weighted by atomic mass is 9.91. The maximum atomic E-state index is 12.2. The molecule has 1 spiro atoms. The maximum Gasteiger partial charge on any atom is 0.223 e. The van der Waals surface area contributed by atoms with Gasteiger partial charge >= 0.3 is 0 Å². The number of rotatable bonds is 5. The van der Waals surface area contributed by atoms with Crippen LogP contribution in [-0.4, -0.2) is 37.3 Å². The van der Waals surface area contributed by atoms with Crippen molar-refractivity contribution in [2.45, 2.75) is 38.5 Å². The number of carbonyl (C=O) groups is 1. The molecule has 3 aliphatic rings. The van der Waals surface area contributed by atoms with E-state index in [9.17, 15) is 4.79 Å². The Morgan fingerprint density at radius 3 is 2.61 bits per heavy atom. The Labute approximate surface area is 109 Å². The average Bonchev–Trinajstić information content (AvgIpc) is 3.27. The molecule has 3 N–H and O–H groups in total. The molecular weight excluding hydrogens is 228 g/mol. The summed E-state index contributed by atoms with van der Waals surface area (Å²) in [6.45, 7) is 3.16. The van der Waals surface area contributed by atoms with Crippen molar-refractivity contribution in [3.05, 3.63) is 0 Å². The maximum absolute atomic E-state index is 12.2. The minimum Gasteiger partial charge on any atom is -0.396 e. The molecular formula is C14H24N2O2. The van der Waals surface area contributed by atoms with Crippen LogP contribution in [0.15, 0.2) is 0 Å². The molecule has 0 aromatic carbocycles. The van der Waals surface area contributed by atoms with Crippen LogP contribution < -0.4 is 10.6 Å². The van der Waals surface area contributed by atoms with E-state index in [4.69, 9.17) is 5.11 Å². The first-order valence-corrected chi connectivity index (χ1v) is 7.29. The van der Waals surface area contributed by atoms with Crippen molar-refractivity contribution in [2.75, 3.05) is 26.2 Å². The van der Waals surface area contributed by atoms with Gasteiger partial charge in [-0.3, -0.25) is 4.79 Å². The molecule has 0 radical (unpaired) electrons. The third-order valence-corrected chi connectivity index (χ3v) is 5.34. The molecule has 2 saturated carbocycles. The van der Waals surface area contributed by atoms with Gasteiger partial charge in [-0.1, -0.05) is 0 Å². The zero-order chi connectivity index (χ0) is 12.6. The van der Waals surface area contributed by atoms with Gasteiger partial charge < -0.3 is 15.7 Å². The predicted molar refractivity (Wildman–Crippen MR) is 69.0 cm³/mol. The van der Waals surface area contributed by atoms with Gasteiger partial charge in [-0.15, -0.1) is 0 Å². The van der Waals surface area contributed by atoms with E-state index in [0.717, 1.165) is 58.2 Å². The minimum absolute atomic E-state index is 0.237. The molecule has 2 aliphatic carbocycles.